The molecule has 0 unspecified atom stereocenters. The molecular formula is C26H26N4O3. The van der Waals surface area contributed by atoms with Gasteiger partial charge in [0.15, 0.2) is 0 Å². The lowest BCUT2D eigenvalue weighted by atomic mass is 10.00. The van der Waals surface area contributed by atoms with Gasteiger partial charge in [0, 0.05) is 48.5 Å². The number of nitrogens with one attached hydrogen (secondary N) is 3. The SMILES string of the molecule is CNC(=O)[C@H](Cc1c[nH]c2ccccc12)NC(=O)c1cncc(-c2ccc(OC)cc2C)c1. The van der Waals surface area contributed by atoms with E-state index in [1.54, 1.807) is 26.4 Å². The molecule has 33 heavy (non-hydrogen) atoms. The minimum Gasteiger partial charge on any atom is -0.497 e. The molecule has 0 saturated carbocycles. The molecule has 4 aromatic rings. The molecule has 2 aromatic carbocycles. The number of likely N-dealkylation sites (N-methyl/N-ethyl adjacent to an activating group) is 1. The Morgan fingerprint density at radius 2 is 1.94 bits per heavy atom. The normalized spacial score (nSPS) is 11.7. The van der Waals surface area contributed by atoms with Gasteiger partial charge in [0.25, 0.3) is 5.91 Å². The first-order valence-corrected chi connectivity index (χ1v) is 10.7. The summed E-state index contributed by atoms with van der Waals surface area (Å²) in [6.07, 6.45) is 5.46. The third kappa shape index (κ3) is 4.72. The number of rotatable bonds is 7. The van der Waals surface area contributed by atoms with Crippen molar-refractivity contribution in [2.45, 2.75) is 19.4 Å². The maximum Gasteiger partial charge on any atom is 0.253 e. The third-order valence-corrected chi connectivity index (χ3v) is 5.71. The van der Waals surface area contributed by atoms with Crippen LogP contribution in [0, 0.1) is 6.92 Å². The lowest BCUT2D eigenvalue weighted by Crippen LogP contribution is -2.47. The number of benzene rings is 2. The Kier molecular flexibility index (Phi) is 6.40. The van der Waals surface area contributed by atoms with Crippen molar-refractivity contribution in [2.75, 3.05) is 14.2 Å². The average Bonchev–Trinajstić information content (AvgIpc) is 3.25. The fourth-order valence-electron chi connectivity index (χ4n) is 3.94. The van der Waals surface area contributed by atoms with Gasteiger partial charge in [-0.05, 0) is 47.9 Å². The predicted octanol–water partition coefficient (Wildman–Crippen LogP) is 3.63. The van der Waals surface area contributed by atoms with Crippen LogP contribution in [-0.2, 0) is 11.2 Å². The van der Waals surface area contributed by atoms with E-state index in [1.165, 1.54) is 6.20 Å². The topological polar surface area (TPSA) is 96.1 Å². The van der Waals surface area contributed by atoms with E-state index >= 15 is 0 Å². The highest BCUT2D eigenvalue weighted by Gasteiger charge is 2.23. The van der Waals surface area contributed by atoms with E-state index in [9.17, 15) is 9.59 Å². The summed E-state index contributed by atoms with van der Waals surface area (Å²) in [6, 6.07) is 14.7. The number of hydrogen-bond acceptors (Lipinski definition) is 4. The monoisotopic (exact) mass is 442 g/mol. The van der Waals surface area contributed by atoms with Crippen molar-refractivity contribution >= 4 is 22.7 Å². The number of pyridine rings is 1. The van der Waals surface area contributed by atoms with Crippen molar-refractivity contribution in [1.82, 2.24) is 20.6 Å². The summed E-state index contributed by atoms with van der Waals surface area (Å²) >= 11 is 0. The van der Waals surface area contributed by atoms with E-state index in [0.717, 1.165) is 38.9 Å². The number of carbonyl (C=O) groups is 2. The van der Waals surface area contributed by atoms with Gasteiger partial charge in [-0.15, -0.1) is 0 Å². The molecule has 7 heteroatoms. The number of aromatic amines is 1. The van der Waals surface area contributed by atoms with Gasteiger partial charge in [-0.1, -0.05) is 24.3 Å². The Morgan fingerprint density at radius 1 is 1.12 bits per heavy atom. The number of ether oxygens (including phenoxy) is 1. The number of nitrogens with zero attached hydrogens (tertiary/aromatic N) is 1. The van der Waals surface area contributed by atoms with Crippen molar-refractivity contribution in [1.29, 1.82) is 0 Å². The second-order valence-corrected chi connectivity index (χ2v) is 7.85. The number of aromatic nitrogens is 2. The number of fused-ring (bicyclic) bond motifs is 1. The Labute approximate surface area is 192 Å². The summed E-state index contributed by atoms with van der Waals surface area (Å²) in [6.45, 7) is 1.98. The Hall–Kier alpha value is -4.13. The van der Waals surface area contributed by atoms with Gasteiger partial charge in [0.05, 0.1) is 12.7 Å². The molecule has 3 N–H and O–H groups in total. The van der Waals surface area contributed by atoms with Gasteiger partial charge in [-0.25, -0.2) is 0 Å². The van der Waals surface area contributed by atoms with Crippen LogP contribution in [0.3, 0.4) is 0 Å². The Morgan fingerprint density at radius 3 is 2.70 bits per heavy atom. The molecule has 168 valence electrons. The molecule has 0 aliphatic heterocycles. The molecule has 1 atom stereocenters. The van der Waals surface area contributed by atoms with Crippen LogP contribution in [0.1, 0.15) is 21.5 Å². The number of aryl methyl sites for hydroxylation is 1. The summed E-state index contributed by atoms with van der Waals surface area (Å²) < 4.78 is 5.27. The highest BCUT2D eigenvalue weighted by Crippen LogP contribution is 2.27. The van der Waals surface area contributed by atoms with Gasteiger partial charge in [0.2, 0.25) is 5.91 Å². The number of amides is 2. The van der Waals surface area contributed by atoms with Crippen LogP contribution in [0.25, 0.3) is 22.0 Å². The molecule has 0 aliphatic carbocycles. The van der Waals surface area contributed by atoms with Crippen LogP contribution >= 0.6 is 0 Å². The molecule has 0 aliphatic rings. The molecular weight excluding hydrogens is 416 g/mol. The molecule has 2 amide bonds. The fourth-order valence-corrected chi connectivity index (χ4v) is 3.94. The quantitative estimate of drug-likeness (QED) is 0.407. The van der Waals surface area contributed by atoms with Crippen LogP contribution in [0.2, 0.25) is 0 Å². The molecule has 0 bridgehead atoms. The summed E-state index contributed by atoms with van der Waals surface area (Å²) in [4.78, 5) is 33.1. The first kappa shape index (κ1) is 22.1. The van der Waals surface area contributed by atoms with Crippen molar-refractivity contribution in [3.8, 4) is 16.9 Å². The number of hydrogen-bond donors (Lipinski definition) is 3. The van der Waals surface area contributed by atoms with Crippen LogP contribution in [0.15, 0.2) is 67.1 Å². The van der Waals surface area contributed by atoms with E-state index in [1.807, 2.05) is 55.6 Å². The lowest BCUT2D eigenvalue weighted by Gasteiger charge is -2.17. The lowest BCUT2D eigenvalue weighted by molar-refractivity contribution is -0.122. The average molecular weight is 443 g/mol. The molecule has 2 aromatic heterocycles. The molecule has 7 nitrogen and oxygen atoms in total. The van der Waals surface area contributed by atoms with E-state index < -0.39 is 6.04 Å². The minimum absolute atomic E-state index is 0.260. The van der Waals surface area contributed by atoms with Gasteiger partial charge >= 0.3 is 0 Å². The third-order valence-electron chi connectivity index (χ3n) is 5.71. The van der Waals surface area contributed by atoms with Crippen LogP contribution in [0.4, 0.5) is 0 Å². The number of H-pyrrole nitrogens is 1. The summed E-state index contributed by atoms with van der Waals surface area (Å²) in [5, 5.41) is 6.55. The first-order valence-electron chi connectivity index (χ1n) is 10.7. The van der Waals surface area contributed by atoms with Crippen molar-refractivity contribution in [3.05, 3.63) is 83.8 Å². The van der Waals surface area contributed by atoms with Crippen LogP contribution in [0.5, 0.6) is 5.75 Å². The second-order valence-electron chi connectivity index (χ2n) is 7.85. The number of para-hydroxylation sites is 1. The van der Waals surface area contributed by atoms with E-state index in [2.05, 4.69) is 20.6 Å². The molecule has 0 spiro atoms. The largest absolute Gasteiger partial charge is 0.497 e. The summed E-state index contributed by atoms with van der Waals surface area (Å²) in [5.41, 5.74) is 5.11. The van der Waals surface area contributed by atoms with Gasteiger partial charge < -0.3 is 20.4 Å². The minimum atomic E-state index is -0.729. The summed E-state index contributed by atoms with van der Waals surface area (Å²) in [5.74, 6) is 0.150. The van der Waals surface area contributed by atoms with Crippen LogP contribution < -0.4 is 15.4 Å². The second kappa shape index (κ2) is 9.56. The number of carbonyl (C=O) groups excluding carboxylic acids is 2. The van der Waals surface area contributed by atoms with Crippen molar-refractivity contribution < 1.29 is 14.3 Å². The van der Waals surface area contributed by atoms with Gasteiger partial charge in [-0.3, -0.25) is 14.6 Å². The van der Waals surface area contributed by atoms with Crippen molar-refractivity contribution in [2.24, 2.45) is 0 Å². The smallest absolute Gasteiger partial charge is 0.253 e. The van der Waals surface area contributed by atoms with E-state index in [4.69, 9.17) is 4.74 Å². The zero-order valence-electron chi connectivity index (χ0n) is 18.8. The first-order chi connectivity index (χ1) is 16.0. The zero-order valence-corrected chi connectivity index (χ0v) is 18.8. The standard InChI is InChI=1S/C26H26N4O3/c1-16-10-20(33-3)8-9-21(16)17-11-19(14-28-13-17)25(31)30-24(26(32)27-2)12-18-15-29-23-7-5-4-6-22(18)23/h4-11,13-15,24,29H,12H2,1-3H3,(H,27,32)(H,30,31)/t24-/m0/s1. The van der Waals surface area contributed by atoms with Crippen molar-refractivity contribution in [3.63, 3.8) is 0 Å². The molecule has 4 rings (SSSR count). The molecule has 0 saturated heterocycles. The van der Waals surface area contributed by atoms with E-state index in [-0.39, 0.29) is 11.8 Å². The fraction of sp³-hybridized carbons (Fsp3) is 0.192. The predicted molar refractivity (Wildman–Crippen MR) is 128 cm³/mol. The highest BCUT2D eigenvalue weighted by atomic mass is 16.5. The van der Waals surface area contributed by atoms with Gasteiger partial charge in [0.1, 0.15) is 11.8 Å². The molecule has 0 fully saturated rings. The molecule has 2 heterocycles. The highest BCUT2D eigenvalue weighted by molar-refractivity contribution is 5.98. The number of methoxy groups -OCH3 is 1. The maximum absolute atomic E-state index is 13.1. The Bertz CT molecular complexity index is 1310. The summed E-state index contributed by atoms with van der Waals surface area (Å²) in [7, 11) is 3.19. The molecule has 0 radical (unpaired) electrons. The van der Waals surface area contributed by atoms with Gasteiger partial charge in [-0.2, -0.15) is 0 Å². The maximum atomic E-state index is 13.1. The van der Waals surface area contributed by atoms with E-state index in [0.29, 0.717) is 12.0 Å². The zero-order chi connectivity index (χ0) is 23.4. The van der Waals surface area contributed by atoms with Crippen LogP contribution in [-0.4, -0.2) is 42.0 Å². The Balaban J connectivity index is 1.57.